The van der Waals surface area contributed by atoms with Crippen molar-refractivity contribution >= 4 is 40.0 Å². The Hall–Kier alpha value is -0.240. The van der Waals surface area contributed by atoms with Gasteiger partial charge in [0.05, 0.1) is 0 Å². The molecule has 1 rings (SSSR count). The van der Waals surface area contributed by atoms with Gasteiger partial charge in [-0.25, -0.2) is 0 Å². The van der Waals surface area contributed by atoms with Crippen LogP contribution in [0.1, 0.15) is 5.56 Å². The van der Waals surface area contributed by atoms with Gasteiger partial charge < -0.3 is 0 Å². The van der Waals surface area contributed by atoms with E-state index in [1.807, 2.05) is 0 Å². The molecule has 12 heavy (non-hydrogen) atoms. The zero-order valence-electron chi connectivity index (χ0n) is 6.07. The second-order valence-corrected chi connectivity index (χ2v) is 3.55. The van der Waals surface area contributed by atoms with E-state index in [4.69, 9.17) is 40.2 Å². The Morgan fingerprint density at radius 1 is 1.25 bits per heavy atom. The van der Waals surface area contributed by atoms with Crippen molar-refractivity contribution in [1.29, 1.82) is 5.41 Å². The average molecular weight is 223 g/mol. The minimum Gasteiger partial charge on any atom is -0.293 e. The third kappa shape index (κ3) is 2.37. The van der Waals surface area contributed by atoms with Gasteiger partial charge in [0, 0.05) is 16.5 Å². The van der Waals surface area contributed by atoms with Gasteiger partial charge in [0.15, 0.2) is 0 Å². The molecule has 0 fully saturated rings. The zero-order chi connectivity index (χ0) is 9.14. The third-order valence-electron chi connectivity index (χ3n) is 1.39. The topological polar surface area (TPSA) is 23.9 Å². The van der Waals surface area contributed by atoms with Gasteiger partial charge in [-0.05, 0) is 17.7 Å². The lowest BCUT2D eigenvalue weighted by Gasteiger charge is -2.03. The summed E-state index contributed by atoms with van der Waals surface area (Å²) in [6, 6.07) is 5.21. The first-order valence-electron chi connectivity index (χ1n) is 3.27. The van der Waals surface area contributed by atoms with E-state index < -0.39 is 0 Å². The Labute approximate surface area is 85.8 Å². The van der Waals surface area contributed by atoms with E-state index in [0.717, 1.165) is 0 Å². The molecule has 0 bridgehead atoms. The molecule has 1 N–H and O–H groups in total. The predicted molar refractivity (Wildman–Crippen MR) is 53.7 cm³/mol. The Kier molecular flexibility index (Phi) is 3.39. The van der Waals surface area contributed by atoms with Gasteiger partial charge in [-0.3, -0.25) is 5.41 Å². The summed E-state index contributed by atoms with van der Waals surface area (Å²) in [5, 5.41) is 8.20. The summed E-state index contributed by atoms with van der Waals surface area (Å²) in [7, 11) is 0. The average Bonchev–Trinajstić information content (AvgIpc) is 1.97. The molecule has 0 spiro atoms. The smallest absolute Gasteiger partial charge is 0.101 e. The van der Waals surface area contributed by atoms with Gasteiger partial charge in [-0.1, -0.05) is 40.9 Å². The normalized spacial score (nSPS) is 9.92. The standard InChI is InChI=1S/C8H6Cl3N/c9-6-2-1-3-7(10)5(6)4-8(11)12/h1-3,12H,4H2. The summed E-state index contributed by atoms with van der Waals surface area (Å²) in [6.45, 7) is 0. The number of hydrogen-bond acceptors (Lipinski definition) is 1. The van der Waals surface area contributed by atoms with Crippen molar-refractivity contribution < 1.29 is 0 Å². The maximum Gasteiger partial charge on any atom is 0.101 e. The quantitative estimate of drug-likeness (QED) is 0.737. The molecule has 64 valence electrons. The van der Waals surface area contributed by atoms with Crippen LogP contribution < -0.4 is 0 Å². The molecule has 0 aromatic heterocycles. The first-order chi connectivity index (χ1) is 5.61. The van der Waals surface area contributed by atoms with E-state index in [1.165, 1.54) is 0 Å². The summed E-state index contributed by atoms with van der Waals surface area (Å²) in [5.74, 6) is 0. The van der Waals surface area contributed by atoms with E-state index in [-0.39, 0.29) is 5.17 Å². The molecule has 1 aromatic rings. The van der Waals surface area contributed by atoms with Crippen molar-refractivity contribution in [3.63, 3.8) is 0 Å². The van der Waals surface area contributed by atoms with Crippen LogP contribution >= 0.6 is 34.8 Å². The van der Waals surface area contributed by atoms with Gasteiger partial charge in [-0.2, -0.15) is 0 Å². The number of hydrogen-bond donors (Lipinski definition) is 1. The van der Waals surface area contributed by atoms with E-state index in [1.54, 1.807) is 18.2 Å². The molecule has 1 aromatic carbocycles. The predicted octanol–water partition coefficient (Wildman–Crippen LogP) is 3.75. The fourth-order valence-corrected chi connectivity index (χ4v) is 1.52. The molecule has 0 aliphatic rings. The molecule has 0 saturated heterocycles. The molecule has 0 amide bonds. The molecule has 0 aliphatic heterocycles. The summed E-state index contributed by atoms with van der Waals surface area (Å²) in [6.07, 6.45) is 0.292. The molecular formula is C8H6Cl3N. The highest BCUT2D eigenvalue weighted by atomic mass is 35.5. The van der Waals surface area contributed by atoms with Gasteiger partial charge in [-0.15, -0.1) is 0 Å². The van der Waals surface area contributed by atoms with Crippen LogP contribution in [0.5, 0.6) is 0 Å². The van der Waals surface area contributed by atoms with E-state index in [0.29, 0.717) is 22.0 Å². The van der Waals surface area contributed by atoms with Crippen LogP contribution in [0.15, 0.2) is 18.2 Å². The van der Waals surface area contributed by atoms with Gasteiger partial charge in [0.25, 0.3) is 0 Å². The number of halogens is 3. The second kappa shape index (κ2) is 4.13. The largest absolute Gasteiger partial charge is 0.293 e. The van der Waals surface area contributed by atoms with E-state index in [9.17, 15) is 0 Å². The lowest BCUT2D eigenvalue weighted by atomic mass is 10.2. The van der Waals surface area contributed by atoms with Crippen molar-refractivity contribution in [1.82, 2.24) is 0 Å². The number of nitrogens with one attached hydrogen (secondary N) is 1. The van der Waals surface area contributed by atoms with Gasteiger partial charge in [0.2, 0.25) is 0 Å². The Morgan fingerprint density at radius 2 is 1.75 bits per heavy atom. The van der Waals surface area contributed by atoms with E-state index >= 15 is 0 Å². The Morgan fingerprint density at radius 3 is 2.17 bits per heavy atom. The van der Waals surface area contributed by atoms with Crippen LogP contribution in [-0.2, 0) is 6.42 Å². The summed E-state index contributed by atoms with van der Waals surface area (Å²) >= 11 is 17.1. The van der Waals surface area contributed by atoms with Crippen LogP contribution in [0.25, 0.3) is 0 Å². The van der Waals surface area contributed by atoms with Crippen LogP contribution in [0, 0.1) is 5.41 Å². The van der Waals surface area contributed by atoms with Crippen LogP contribution in [-0.4, -0.2) is 5.17 Å². The van der Waals surface area contributed by atoms with Crippen molar-refractivity contribution in [2.45, 2.75) is 6.42 Å². The monoisotopic (exact) mass is 221 g/mol. The molecular weight excluding hydrogens is 216 g/mol. The minimum atomic E-state index is 0.0324. The molecule has 0 heterocycles. The maximum absolute atomic E-state index is 7.07. The van der Waals surface area contributed by atoms with Crippen molar-refractivity contribution in [3.8, 4) is 0 Å². The molecule has 0 radical (unpaired) electrons. The lowest BCUT2D eigenvalue weighted by molar-refractivity contribution is 1.31. The fraction of sp³-hybridized carbons (Fsp3) is 0.125. The summed E-state index contributed by atoms with van der Waals surface area (Å²) in [4.78, 5) is 0. The minimum absolute atomic E-state index is 0.0324. The van der Waals surface area contributed by atoms with Crippen molar-refractivity contribution in [2.24, 2.45) is 0 Å². The highest BCUT2D eigenvalue weighted by Crippen LogP contribution is 2.25. The van der Waals surface area contributed by atoms with E-state index in [2.05, 4.69) is 0 Å². The highest BCUT2D eigenvalue weighted by Gasteiger charge is 2.06. The third-order valence-corrected chi connectivity index (χ3v) is 2.24. The summed E-state index contributed by atoms with van der Waals surface area (Å²) in [5.41, 5.74) is 0.709. The fourth-order valence-electron chi connectivity index (χ4n) is 0.856. The van der Waals surface area contributed by atoms with Crippen LogP contribution in [0.4, 0.5) is 0 Å². The zero-order valence-corrected chi connectivity index (χ0v) is 8.34. The Balaban J connectivity index is 3.04. The summed E-state index contributed by atoms with van der Waals surface area (Å²) < 4.78 is 0. The Bertz CT molecular complexity index is 289. The van der Waals surface area contributed by atoms with Crippen molar-refractivity contribution in [2.75, 3.05) is 0 Å². The van der Waals surface area contributed by atoms with Crippen LogP contribution in [0.3, 0.4) is 0 Å². The molecule has 1 nitrogen and oxygen atoms in total. The molecule has 0 saturated carbocycles. The highest BCUT2D eigenvalue weighted by molar-refractivity contribution is 6.64. The van der Waals surface area contributed by atoms with Crippen molar-refractivity contribution in [3.05, 3.63) is 33.8 Å². The molecule has 0 unspecified atom stereocenters. The van der Waals surface area contributed by atoms with Crippen LogP contribution in [0.2, 0.25) is 10.0 Å². The second-order valence-electron chi connectivity index (χ2n) is 2.28. The molecule has 4 heteroatoms. The van der Waals surface area contributed by atoms with Gasteiger partial charge in [0.1, 0.15) is 5.17 Å². The lowest BCUT2D eigenvalue weighted by Crippen LogP contribution is -1.94. The van der Waals surface area contributed by atoms with Gasteiger partial charge >= 0.3 is 0 Å². The molecule has 0 atom stereocenters. The first-order valence-corrected chi connectivity index (χ1v) is 4.40. The molecule has 0 aliphatic carbocycles. The number of benzene rings is 1. The maximum atomic E-state index is 7.07. The SMILES string of the molecule is N=C(Cl)Cc1c(Cl)cccc1Cl. The number of rotatable bonds is 2. The first kappa shape index (κ1) is 9.85.